The number of hydrogen-bond acceptors (Lipinski definition) is 4. The third kappa shape index (κ3) is 3.74. The molecule has 0 saturated carbocycles. The molecular formula is C21H30N2O3. The van der Waals surface area contributed by atoms with Crippen LogP contribution in [0, 0.1) is 5.41 Å². The minimum atomic E-state index is -0.150. The zero-order valence-corrected chi connectivity index (χ0v) is 15.6. The molecule has 0 N–H and O–H groups in total. The van der Waals surface area contributed by atoms with Gasteiger partial charge in [-0.25, -0.2) is 0 Å². The van der Waals surface area contributed by atoms with Crippen LogP contribution in [0.15, 0.2) is 30.3 Å². The standard InChI is InChI=1S/C21H30N2O3/c24-20-21(9-4-11-23(20)18-7-14-25-15-8-18)10-12-22(17-21)13-16-26-19-5-2-1-3-6-19/h1-3,5-6,18H,4,7-17H2/t21-/m1/s1. The fourth-order valence-corrected chi connectivity index (χ4v) is 4.78. The Labute approximate surface area is 156 Å². The zero-order valence-electron chi connectivity index (χ0n) is 15.6. The maximum absolute atomic E-state index is 13.3. The predicted octanol–water partition coefficient (Wildman–Crippen LogP) is 2.56. The van der Waals surface area contributed by atoms with Gasteiger partial charge in [0.25, 0.3) is 0 Å². The molecule has 5 heteroatoms. The summed E-state index contributed by atoms with van der Waals surface area (Å²) >= 11 is 0. The molecule has 26 heavy (non-hydrogen) atoms. The van der Waals surface area contributed by atoms with Crippen molar-refractivity contribution in [2.24, 2.45) is 5.41 Å². The minimum absolute atomic E-state index is 0.150. The lowest BCUT2D eigenvalue weighted by Crippen LogP contribution is -2.54. The van der Waals surface area contributed by atoms with E-state index >= 15 is 0 Å². The number of piperidine rings is 1. The first-order chi connectivity index (χ1) is 12.8. The largest absolute Gasteiger partial charge is 0.492 e. The second-order valence-electron chi connectivity index (χ2n) is 7.91. The molecule has 1 aromatic rings. The van der Waals surface area contributed by atoms with Crippen molar-refractivity contribution in [1.82, 2.24) is 9.80 Å². The number of ether oxygens (including phenoxy) is 2. The molecule has 1 amide bonds. The summed E-state index contributed by atoms with van der Waals surface area (Å²) in [5, 5.41) is 0. The molecule has 142 valence electrons. The van der Waals surface area contributed by atoms with Crippen molar-refractivity contribution >= 4 is 5.91 Å². The molecular weight excluding hydrogens is 328 g/mol. The summed E-state index contributed by atoms with van der Waals surface area (Å²) in [6, 6.07) is 10.3. The summed E-state index contributed by atoms with van der Waals surface area (Å²) < 4.78 is 11.3. The second kappa shape index (κ2) is 7.97. The first-order valence-electron chi connectivity index (χ1n) is 10.1. The Kier molecular flexibility index (Phi) is 5.46. The Morgan fingerprint density at radius 1 is 1.12 bits per heavy atom. The minimum Gasteiger partial charge on any atom is -0.492 e. The molecule has 1 spiro atoms. The van der Waals surface area contributed by atoms with E-state index < -0.39 is 0 Å². The summed E-state index contributed by atoms with van der Waals surface area (Å²) in [6.07, 6.45) is 5.17. The van der Waals surface area contributed by atoms with Gasteiger partial charge in [0.2, 0.25) is 5.91 Å². The van der Waals surface area contributed by atoms with Crippen LogP contribution in [0.5, 0.6) is 5.75 Å². The highest BCUT2D eigenvalue weighted by atomic mass is 16.5. The summed E-state index contributed by atoms with van der Waals surface area (Å²) in [5.41, 5.74) is -0.150. The molecule has 3 aliphatic rings. The molecule has 1 aromatic carbocycles. The lowest BCUT2D eigenvalue weighted by Gasteiger charge is -2.44. The van der Waals surface area contributed by atoms with Gasteiger partial charge in [-0.15, -0.1) is 0 Å². The van der Waals surface area contributed by atoms with E-state index in [-0.39, 0.29) is 5.41 Å². The van der Waals surface area contributed by atoms with Gasteiger partial charge in [-0.3, -0.25) is 9.69 Å². The Morgan fingerprint density at radius 2 is 1.92 bits per heavy atom. The molecule has 3 heterocycles. The van der Waals surface area contributed by atoms with Gasteiger partial charge in [-0.2, -0.15) is 0 Å². The van der Waals surface area contributed by atoms with Gasteiger partial charge in [0, 0.05) is 38.9 Å². The SMILES string of the molecule is O=C1N(C2CCOCC2)CCC[C@]12CCN(CCOc1ccccc1)C2. The van der Waals surface area contributed by atoms with Crippen molar-refractivity contribution in [2.75, 3.05) is 46.0 Å². The van der Waals surface area contributed by atoms with Gasteiger partial charge in [-0.1, -0.05) is 18.2 Å². The lowest BCUT2D eigenvalue weighted by molar-refractivity contribution is -0.150. The number of carbonyl (C=O) groups excluding carboxylic acids is 1. The number of amides is 1. The molecule has 1 atom stereocenters. The van der Waals surface area contributed by atoms with Crippen LogP contribution in [0.4, 0.5) is 0 Å². The predicted molar refractivity (Wildman–Crippen MR) is 100 cm³/mol. The zero-order chi connectivity index (χ0) is 17.8. The molecule has 0 aromatic heterocycles. The van der Waals surface area contributed by atoms with Crippen molar-refractivity contribution in [3.63, 3.8) is 0 Å². The van der Waals surface area contributed by atoms with Gasteiger partial charge in [0.05, 0.1) is 5.41 Å². The second-order valence-corrected chi connectivity index (χ2v) is 7.91. The van der Waals surface area contributed by atoms with E-state index in [2.05, 4.69) is 9.80 Å². The third-order valence-corrected chi connectivity index (χ3v) is 6.25. The van der Waals surface area contributed by atoms with Crippen molar-refractivity contribution < 1.29 is 14.3 Å². The van der Waals surface area contributed by atoms with E-state index in [9.17, 15) is 4.79 Å². The van der Waals surface area contributed by atoms with Crippen LogP contribution in [0.25, 0.3) is 0 Å². The monoisotopic (exact) mass is 358 g/mol. The van der Waals surface area contributed by atoms with E-state index in [1.165, 1.54) is 0 Å². The van der Waals surface area contributed by atoms with E-state index in [4.69, 9.17) is 9.47 Å². The maximum Gasteiger partial charge on any atom is 0.230 e. The van der Waals surface area contributed by atoms with Crippen LogP contribution in [-0.4, -0.2) is 67.7 Å². The Morgan fingerprint density at radius 3 is 2.73 bits per heavy atom. The Balaban J connectivity index is 1.31. The van der Waals surface area contributed by atoms with Crippen LogP contribution < -0.4 is 4.74 Å². The topological polar surface area (TPSA) is 42.0 Å². The average molecular weight is 358 g/mol. The number of rotatable bonds is 5. The molecule has 0 radical (unpaired) electrons. The number of likely N-dealkylation sites (tertiary alicyclic amines) is 2. The normalized spacial score (nSPS) is 28.0. The fourth-order valence-electron chi connectivity index (χ4n) is 4.78. The smallest absolute Gasteiger partial charge is 0.230 e. The van der Waals surface area contributed by atoms with E-state index in [0.29, 0.717) is 18.6 Å². The van der Waals surface area contributed by atoms with Gasteiger partial charge in [-0.05, 0) is 50.8 Å². The summed E-state index contributed by atoms with van der Waals surface area (Å²) in [5.74, 6) is 1.32. The van der Waals surface area contributed by atoms with Crippen LogP contribution in [0.3, 0.4) is 0 Å². The van der Waals surface area contributed by atoms with Crippen LogP contribution in [0.2, 0.25) is 0 Å². The highest BCUT2D eigenvalue weighted by Gasteiger charge is 2.49. The van der Waals surface area contributed by atoms with E-state index in [0.717, 1.165) is 77.2 Å². The van der Waals surface area contributed by atoms with Gasteiger partial charge >= 0.3 is 0 Å². The number of para-hydroxylation sites is 1. The van der Waals surface area contributed by atoms with Crippen molar-refractivity contribution in [3.05, 3.63) is 30.3 Å². The average Bonchev–Trinajstić information content (AvgIpc) is 3.10. The first kappa shape index (κ1) is 17.8. The quantitative estimate of drug-likeness (QED) is 0.811. The number of carbonyl (C=O) groups is 1. The number of hydrogen-bond donors (Lipinski definition) is 0. The molecule has 0 bridgehead atoms. The Bertz CT molecular complexity index is 603. The summed E-state index contributed by atoms with van der Waals surface area (Å²) in [7, 11) is 0. The third-order valence-electron chi connectivity index (χ3n) is 6.25. The van der Waals surface area contributed by atoms with E-state index in [1.807, 2.05) is 30.3 Å². The maximum atomic E-state index is 13.3. The molecule has 0 unspecified atom stereocenters. The first-order valence-corrected chi connectivity index (χ1v) is 10.1. The van der Waals surface area contributed by atoms with Crippen molar-refractivity contribution in [3.8, 4) is 5.75 Å². The summed E-state index contributed by atoms with van der Waals surface area (Å²) in [4.78, 5) is 17.9. The van der Waals surface area contributed by atoms with Crippen molar-refractivity contribution in [1.29, 1.82) is 0 Å². The molecule has 0 aliphatic carbocycles. The fraction of sp³-hybridized carbons (Fsp3) is 0.667. The van der Waals surface area contributed by atoms with E-state index in [1.54, 1.807) is 0 Å². The van der Waals surface area contributed by atoms with Gasteiger partial charge in [0.15, 0.2) is 0 Å². The van der Waals surface area contributed by atoms with Crippen molar-refractivity contribution in [2.45, 2.75) is 38.1 Å². The number of nitrogens with zero attached hydrogens (tertiary/aromatic N) is 2. The van der Waals surface area contributed by atoms with Crippen LogP contribution >= 0.6 is 0 Å². The van der Waals surface area contributed by atoms with Gasteiger partial charge < -0.3 is 14.4 Å². The van der Waals surface area contributed by atoms with Gasteiger partial charge in [0.1, 0.15) is 12.4 Å². The molecule has 3 fully saturated rings. The highest BCUT2D eigenvalue weighted by molar-refractivity contribution is 5.84. The Hall–Kier alpha value is -1.59. The van der Waals surface area contributed by atoms with Crippen LogP contribution in [0.1, 0.15) is 32.1 Å². The molecule has 4 rings (SSSR count). The summed E-state index contributed by atoms with van der Waals surface area (Å²) in [6.45, 7) is 5.99. The number of benzene rings is 1. The lowest BCUT2D eigenvalue weighted by atomic mass is 9.77. The molecule has 5 nitrogen and oxygen atoms in total. The van der Waals surface area contributed by atoms with Crippen LogP contribution in [-0.2, 0) is 9.53 Å². The molecule has 3 saturated heterocycles. The highest BCUT2D eigenvalue weighted by Crippen LogP contribution is 2.41. The molecule has 3 aliphatic heterocycles.